The highest BCUT2D eigenvalue weighted by molar-refractivity contribution is 5.74. The van der Waals surface area contributed by atoms with Crippen LogP contribution in [0.5, 0.6) is 0 Å². The van der Waals surface area contributed by atoms with E-state index in [1.54, 1.807) is 7.05 Å². The van der Waals surface area contributed by atoms with Crippen LogP contribution in [0.3, 0.4) is 0 Å². The van der Waals surface area contributed by atoms with Crippen LogP contribution < -0.4 is 16.2 Å². The summed E-state index contributed by atoms with van der Waals surface area (Å²) in [6.45, 7) is 2.23. The molecule has 0 amide bonds. The van der Waals surface area contributed by atoms with Crippen molar-refractivity contribution in [3.8, 4) is 0 Å². The highest BCUT2D eigenvalue weighted by Crippen LogP contribution is 2.23. The van der Waals surface area contributed by atoms with E-state index < -0.39 is 0 Å². The molecule has 7 nitrogen and oxygen atoms in total. The van der Waals surface area contributed by atoms with Gasteiger partial charge in [-0.05, 0) is 18.4 Å². The van der Waals surface area contributed by atoms with Crippen LogP contribution >= 0.6 is 0 Å². The SMILES string of the molecule is Cn1cnc2nc(N3CCCC(N)C3)n(Cc3ccccc3)c2c1=O. The van der Waals surface area contributed by atoms with Crippen LogP contribution in [0.15, 0.2) is 41.5 Å². The first-order valence-corrected chi connectivity index (χ1v) is 8.60. The van der Waals surface area contributed by atoms with Crippen molar-refractivity contribution in [2.24, 2.45) is 12.8 Å². The van der Waals surface area contributed by atoms with Crippen LogP contribution in [0.2, 0.25) is 0 Å². The Hall–Kier alpha value is -2.67. The molecule has 3 aromatic rings. The van der Waals surface area contributed by atoms with E-state index in [0.29, 0.717) is 17.7 Å². The Labute approximate surface area is 145 Å². The third kappa shape index (κ3) is 2.91. The number of piperidine rings is 1. The zero-order valence-corrected chi connectivity index (χ0v) is 14.3. The predicted molar refractivity (Wildman–Crippen MR) is 97.7 cm³/mol. The fraction of sp³-hybridized carbons (Fsp3) is 0.389. The summed E-state index contributed by atoms with van der Waals surface area (Å²) in [5.74, 6) is 0.782. The number of nitrogens with two attached hydrogens (primary N) is 1. The monoisotopic (exact) mass is 338 g/mol. The van der Waals surface area contributed by atoms with Gasteiger partial charge < -0.3 is 15.2 Å². The number of benzene rings is 1. The Morgan fingerprint density at radius 2 is 2.08 bits per heavy atom. The minimum Gasteiger partial charge on any atom is -0.341 e. The minimum absolute atomic E-state index is 0.0824. The number of hydrogen-bond donors (Lipinski definition) is 1. The number of aromatic nitrogens is 4. The Kier molecular flexibility index (Phi) is 4.01. The van der Waals surface area contributed by atoms with Crippen LogP contribution in [0.25, 0.3) is 11.2 Å². The summed E-state index contributed by atoms with van der Waals surface area (Å²) in [5.41, 5.74) is 8.23. The first-order chi connectivity index (χ1) is 12.1. The minimum atomic E-state index is -0.0824. The fourth-order valence-electron chi connectivity index (χ4n) is 3.44. The van der Waals surface area contributed by atoms with Crippen molar-refractivity contribution in [2.75, 3.05) is 18.0 Å². The summed E-state index contributed by atoms with van der Waals surface area (Å²) in [4.78, 5) is 23.9. The zero-order chi connectivity index (χ0) is 17.4. The van der Waals surface area contributed by atoms with E-state index >= 15 is 0 Å². The van der Waals surface area contributed by atoms with Crippen molar-refractivity contribution in [2.45, 2.75) is 25.4 Å². The lowest BCUT2D eigenvalue weighted by Gasteiger charge is -2.31. The molecule has 130 valence electrons. The topological polar surface area (TPSA) is 82.0 Å². The Balaban J connectivity index is 1.87. The molecule has 1 atom stereocenters. The molecule has 2 N–H and O–H groups in total. The van der Waals surface area contributed by atoms with Crippen molar-refractivity contribution in [1.29, 1.82) is 0 Å². The molecule has 1 unspecified atom stereocenters. The number of hydrogen-bond acceptors (Lipinski definition) is 5. The van der Waals surface area contributed by atoms with E-state index in [1.807, 2.05) is 22.8 Å². The van der Waals surface area contributed by atoms with Crippen LogP contribution in [0, 0.1) is 0 Å². The lowest BCUT2D eigenvalue weighted by atomic mass is 10.1. The number of aryl methyl sites for hydroxylation is 1. The number of anilines is 1. The van der Waals surface area contributed by atoms with Gasteiger partial charge in [-0.15, -0.1) is 0 Å². The second-order valence-corrected chi connectivity index (χ2v) is 6.66. The maximum absolute atomic E-state index is 12.7. The van der Waals surface area contributed by atoms with Gasteiger partial charge in [0.15, 0.2) is 11.2 Å². The van der Waals surface area contributed by atoms with Crippen LogP contribution in [0.4, 0.5) is 5.95 Å². The van der Waals surface area contributed by atoms with E-state index in [2.05, 4.69) is 27.0 Å². The van der Waals surface area contributed by atoms with Gasteiger partial charge in [0.1, 0.15) is 0 Å². The summed E-state index contributed by atoms with van der Waals surface area (Å²) in [7, 11) is 1.71. The second kappa shape index (κ2) is 6.33. The first-order valence-electron chi connectivity index (χ1n) is 8.60. The standard InChI is InChI=1S/C18H22N6O/c1-22-12-20-16-15(17(22)25)24(10-13-6-3-2-4-7-13)18(21-16)23-9-5-8-14(19)11-23/h2-4,6-7,12,14H,5,8-11,19H2,1H3. The quantitative estimate of drug-likeness (QED) is 0.773. The summed E-state index contributed by atoms with van der Waals surface area (Å²) < 4.78 is 3.48. The van der Waals surface area contributed by atoms with E-state index in [-0.39, 0.29) is 11.6 Å². The Morgan fingerprint density at radius 1 is 1.28 bits per heavy atom. The molecule has 7 heteroatoms. The maximum atomic E-state index is 12.7. The van der Waals surface area contributed by atoms with Crippen molar-refractivity contribution in [3.05, 3.63) is 52.6 Å². The molecular weight excluding hydrogens is 316 g/mol. The molecule has 0 bridgehead atoms. The normalized spacial score (nSPS) is 18.0. The van der Waals surface area contributed by atoms with Crippen LogP contribution in [-0.2, 0) is 13.6 Å². The van der Waals surface area contributed by atoms with E-state index in [1.165, 1.54) is 10.9 Å². The van der Waals surface area contributed by atoms with Crippen molar-refractivity contribution in [3.63, 3.8) is 0 Å². The average Bonchev–Trinajstić information content (AvgIpc) is 2.98. The molecule has 0 saturated carbocycles. The molecule has 1 aromatic carbocycles. The third-order valence-corrected chi connectivity index (χ3v) is 4.73. The lowest BCUT2D eigenvalue weighted by molar-refractivity contribution is 0.495. The zero-order valence-electron chi connectivity index (χ0n) is 14.3. The highest BCUT2D eigenvalue weighted by atomic mass is 16.1. The van der Waals surface area contributed by atoms with Gasteiger partial charge in [-0.3, -0.25) is 9.36 Å². The molecule has 25 heavy (non-hydrogen) atoms. The van der Waals surface area contributed by atoms with Gasteiger partial charge in [0, 0.05) is 26.2 Å². The molecule has 0 spiro atoms. The second-order valence-electron chi connectivity index (χ2n) is 6.66. The average molecular weight is 338 g/mol. The number of fused-ring (bicyclic) bond motifs is 1. The molecular formula is C18H22N6O. The summed E-state index contributed by atoms with van der Waals surface area (Å²) >= 11 is 0. The van der Waals surface area contributed by atoms with Crippen molar-refractivity contribution >= 4 is 17.1 Å². The summed E-state index contributed by atoms with van der Waals surface area (Å²) in [6.07, 6.45) is 3.58. The first kappa shape index (κ1) is 15.8. The van der Waals surface area contributed by atoms with Gasteiger partial charge in [-0.25, -0.2) is 4.98 Å². The molecule has 1 aliphatic rings. The predicted octanol–water partition coefficient (Wildman–Crippen LogP) is 1.11. The number of rotatable bonds is 3. The van der Waals surface area contributed by atoms with Gasteiger partial charge in [-0.1, -0.05) is 30.3 Å². The molecule has 1 aliphatic heterocycles. The van der Waals surface area contributed by atoms with Gasteiger partial charge >= 0.3 is 0 Å². The molecule has 0 aliphatic carbocycles. The van der Waals surface area contributed by atoms with E-state index in [9.17, 15) is 4.79 Å². The van der Waals surface area contributed by atoms with Gasteiger partial charge in [-0.2, -0.15) is 4.98 Å². The van der Waals surface area contributed by atoms with Crippen molar-refractivity contribution in [1.82, 2.24) is 19.1 Å². The van der Waals surface area contributed by atoms with Crippen LogP contribution in [0.1, 0.15) is 18.4 Å². The number of nitrogens with zero attached hydrogens (tertiary/aromatic N) is 5. The Bertz CT molecular complexity index is 945. The van der Waals surface area contributed by atoms with E-state index in [0.717, 1.165) is 37.4 Å². The largest absolute Gasteiger partial charge is 0.341 e. The summed E-state index contributed by atoms with van der Waals surface area (Å²) in [6, 6.07) is 10.2. The maximum Gasteiger partial charge on any atom is 0.279 e. The molecule has 3 heterocycles. The van der Waals surface area contributed by atoms with Gasteiger partial charge in [0.2, 0.25) is 5.95 Å². The fourth-order valence-corrected chi connectivity index (χ4v) is 3.44. The lowest BCUT2D eigenvalue weighted by Crippen LogP contribution is -2.44. The number of imidazole rings is 1. The molecule has 0 radical (unpaired) electrons. The van der Waals surface area contributed by atoms with E-state index in [4.69, 9.17) is 5.73 Å². The van der Waals surface area contributed by atoms with Crippen LogP contribution in [-0.4, -0.2) is 38.2 Å². The summed E-state index contributed by atoms with van der Waals surface area (Å²) in [5, 5.41) is 0. The third-order valence-electron chi connectivity index (χ3n) is 4.73. The molecule has 1 saturated heterocycles. The molecule has 4 rings (SSSR count). The molecule has 1 fully saturated rings. The van der Waals surface area contributed by atoms with Gasteiger partial charge in [0.25, 0.3) is 5.56 Å². The molecule has 2 aromatic heterocycles. The van der Waals surface area contributed by atoms with Gasteiger partial charge in [0.05, 0.1) is 12.9 Å². The smallest absolute Gasteiger partial charge is 0.279 e. The highest BCUT2D eigenvalue weighted by Gasteiger charge is 2.24. The van der Waals surface area contributed by atoms with Crippen molar-refractivity contribution < 1.29 is 0 Å². The Morgan fingerprint density at radius 3 is 2.84 bits per heavy atom.